The van der Waals surface area contributed by atoms with Gasteiger partial charge in [0.05, 0.1) is 12.7 Å². The quantitative estimate of drug-likeness (QED) is 0.875. The lowest BCUT2D eigenvalue weighted by Crippen LogP contribution is -2.25. The summed E-state index contributed by atoms with van der Waals surface area (Å²) in [6.45, 7) is 6.48. The van der Waals surface area contributed by atoms with Crippen LogP contribution in [0.15, 0.2) is 42.5 Å². The Morgan fingerprint density at radius 3 is 2.35 bits per heavy atom. The molecule has 0 saturated heterocycles. The maximum absolute atomic E-state index is 11.5. The number of halogens is 1. The van der Waals surface area contributed by atoms with Crippen LogP contribution in [0.5, 0.6) is 5.75 Å². The second kappa shape index (κ2) is 6.63. The van der Waals surface area contributed by atoms with Crippen LogP contribution < -0.4 is 10.5 Å². The van der Waals surface area contributed by atoms with Gasteiger partial charge in [-0.2, -0.15) is 0 Å². The van der Waals surface area contributed by atoms with E-state index in [9.17, 15) is 4.79 Å². The molecule has 2 aromatic carbocycles. The lowest BCUT2D eigenvalue weighted by atomic mass is 9.71. The summed E-state index contributed by atoms with van der Waals surface area (Å²) in [5.41, 5.74) is 7.70. The number of primary amides is 1. The Labute approximate surface area is 142 Å². The molecule has 0 aliphatic carbocycles. The van der Waals surface area contributed by atoms with Gasteiger partial charge in [0.1, 0.15) is 5.75 Å². The standard InChI is InChI=1S/C19H22ClNO2/c1-12(19(2,3)13-8-6-5-7-9-13)14-11-17(23-4)15(18(21)22)10-16(14)20/h5-12H,1-4H3,(H2,21,22). The molecule has 0 radical (unpaired) electrons. The van der Waals surface area contributed by atoms with E-state index in [0.717, 1.165) is 5.56 Å². The van der Waals surface area contributed by atoms with Crippen molar-refractivity contribution in [2.24, 2.45) is 5.73 Å². The molecule has 1 atom stereocenters. The van der Waals surface area contributed by atoms with Crippen LogP contribution >= 0.6 is 11.6 Å². The van der Waals surface area contributed by atoms with Crippen LogP contribution in [0, 0.1) is 0 Å². The molecule has 0 heterocycles. The van der Waals surface area contributed by atoms with Crippen molar-refractivity contribution < 1.29 is 9.53 Å². The Kier molecular flexibility index (Phi) is 5.00. The molecule has 4 heteroatoms. The summed E-state index contributed by atoms with van der Waals surface area (Å²) in [6, 6.07) is 13.7. The van der Waals surface area contributed by atoms with E-state index in [1.807, 2.05) is 24.3 Å². The molecule has 0 fully saturated rings. The monoisotopic (exact) mass is 331 g/mol. The molecule has 0 aromatic heterocycles. The number of nitrogens with two attached hydrogens (primary N) is 1. The van der Waals surface area contributed by atoms with E-state index in [1.165, 1.54) is 12.7 Å². The highest BCUT2D eigenvalue weighted by Crippen LogP contribution is 2.42. The number of rotatable bonds is 5. The summed E-state index contributed by atoms with van der Waals surface area (Å²) >= 11 is 6.43. The molecule has 0 aliphatic heterocycles. The van der Waals surface area contributed by atoms with Gasteiger partial charge in [-0.1, -0.05) is 62.7 Å². The number of benzene rings is 2. The molecule has 0 bridgehead atoms. The van der Waals surface area contributed by atoms with Gasteiger partial charge in [0, 0.05) is 5.02 Å². The van der Waals surface area contributed by atoms with Crippen LogP contribution in [-0.2, 0) is 5.41 Å². The lowest BCUT2D eigenvalue weighted by molar-refractivity contribution is 0.0997. The molecule has 1 unspecified atom stereocenters. The van der Waals surface area contributed by atoms with Crippen molar-refractivity contribution in [3.8, 4) is 5.75 Å². The summed E-state index contributed by atoms with van der Waals surface area (Å²) in [6.07, 6.45) is 0. The van der Waals surface area contributed by atoms with Crippen molar-refractivity contribution in [3.05, 3.63) is 64.2 Å². The zero-order valence-electron chi connectivity index (χ0n) is 13.9. The summed E-state index contributed by atoms with van der Waals surface area (Å²) in [4.78, 5) is 11.5. The van der Waals surface area contributed by atoms with Crippen LogP contribution in [0.25, 0.3) is 0 Å². The average molecular weight is 332 g/mol. The topological polar surface area (TPSA) is 52.3 Å². The van der Waals surface area contributed by atoms with E-state index >= 15 is 0 Å². The summed E-state index contributed by atoms with van der Waals surface area (Å²) in [5, 5.41) is 0.524. The van der Waals surface area contributed by atoms with Gasteiger partial charge >= 0.3 is 0 Å². The zero-order chi connectivity index (χ0) is 17.2. The second-order valence-electron chi connectivity index (χ2n) is 6.25. The van der Waals surface area contributed by atoms with E-state index in [-0.39, 0.29) is 11.3 Å². The molecule has 2 N–H and O–H groups in total. The van der Waals surface area contributed by atoms with Crippen molar-refractivity contribution in [1.82, 2.24) is 0 Å². The van der Waals surface area contributed by atoms with Gasteiger partial charge in [0.2, 0.25) is 0 Å². The van der Waals surface area contributed by atoms with Crippen molar-refractivity contribution in [2.45, 2.75) is 32.1 Å². The first-order valence-corrected chi connectivity index (χ1v) is 7.89. The Morgan fingerprint density at radius 1 is 1.22 bits per heavy atom. The zero-order valence-corrected chi connectivity index (χ0v) is 14.6. The van der Waals surface area contributed by atoms with Gasteiger partial charge in [-0.3, -0.25) is 4.79 Å². The fourth-order valence-electron chi connectivity index (χ4n) is 2.77. The first-order chi connectivity index (χ1) is 10.8. The summed E-state index contributed by atoms with van der Waals surface area (Å²) in [7, 11) is 1.52. The van der Waals surface area contributed by atoms with Crippen LogP contribution in [0.2, 0.25) is 5.02 Å². The third-order valence-electron chi connectivity index (χ3n) is 4.65. The molecular weight excluding hydrogens is 310 g/mol. The molecule has 122 valence electrons. The fraction of sp³-hybridized carbons (Fsp3) is 0.316. The van der Waals surface area contributed by atoms with Crippen LogP contribution in [0.4, 0.5) is 0 Å². The lowest BCUT2D eigenvalue weighted by Gasteiger charge is -2.33. The molecule has 0 spiro atoms. The number of methoxy groups -OCH3 is 1. The highest BCUT2D eigenvalue weighted by Gasteiger charge is 2.31. The predicted molar refractivity (Wildman–Crippen MR) is 94.4 cm³/mol. The molecule has 23 heavy (non-hydrogen) atoms. The van der Waals surface area contributed by atoms with Crippen LogP contribution in [-0.4, -0.2) is 13.0 Å². The normalized spacial score (nSPS) is 12.7. The first-order valence-electron chi connectivity index (χ1n) is 7.51. The number of amides is 1. The molecular formula is C19H22ClNO2. The predicted octanol–water partition coefficient (Wildman–Crippen LogP) is 4.53. The number of hydrogen-bond acceptors (Lipinski definition) is 2. The molecule has 1 amide bonds. The molecule has 0 saturated carbocycles. The first kappa shape index (κ1) is 17.4. The van der Waals surface area contributed by atoms with Crippen molar-refractivity contribution in [3.63, 3.8) is 0 Å². The third-order valence-corrected chi connectivity index (χ3v) is 4.98. The third kappa shape index (κ3) is 3.35. The largest absolute Gasteiger partial charge is 0.496 e. The minimum atomic E-state index is -0.551. The van der Waals surface area contributed by atoms with Crippen molar-refractivity contribution in [1.29, 1.82) is 0 Å². The Balaban J connectivity index is 2.51. The van der Waals surface area contributed by atoms with Gasteiger partial charge in [-0.25, -0.2) is 0 Å². The molecule has 2 rings (SSSR count). The maximum atomic E-state index is 11.5. The highest BCUT2D eigenvalue weighted by molar-refractivity contribution is 6.32. The second-order valence-corrected chi connectivity index (χ2v) is 6.65. The Morgan fingerprint density at radius 2 is 1.83 bits per heavy atom. The van der Waals surface area contributed by atoms with Crippen LogP contribution in [0.3, 0.4) is 0 Å². The Bertz CT molecular complexity index is 711. The maximum Gasteiger partial charge on any atom is 0.252 e. The smallest absolute Gasteiger partial charge is 0.252 e. The SMILES string of the molecule is COc1cc(C(C)C(C)(C)c2ccccc2)c(Cl)cc1C(N)=O. The van der Waals surface area contributed by atoms with Gasteiger partial charge in [0.15, 0.2) is 0 Å². The fourth-order valence-corrected chi connectivity index (χ4v) is 3.10. The highest BCUT2D eigenvalue weighted by atomic mass is 35.5. The number of ether oxygens (including phenoxy) is 1. The van der Waals surface area contributed by atoms with Gasteiger partial charge < -0.3 is 10.5 Å². The van der Waals surface area contributed by atoms with E-state index < -0.39 is 5.91 Å². The number of hydrogen-bond donors (Lipinski definition) is 1. The number of carbonyl (C=O) groups excluding carboxylic acids is 1. The average Bonchev–Trinajstić information content (AvgIpc) is 2.54. The van der Waals surface area contributed by atoms with Crippen LogP contribution in [0.1, 0.15) is 48.2 Å². The van der Waals surface area contributed by atoms with E-state index in [1.54, 1.807) is 6.07 Å². The van der Waals surface area contributed by atoms with Gasteiger partial charge in [-0.05, 0) is 34.6 Å². The van der Waals surface area contributed by atoms with Gasteiger partial charge in [-0.15, -0.1) is 0 Å². The van der Waals surface area contributed by atoms with Gasteiger partial charge in [0.25, 0.3) is 5.91 Å². The minimum Gasteiger partial charge on any atom is -0.496 e. The Hall–Kier alpha value is -2.00. The summed E-state index contributed by atoms with van der Waals surface area (Å²) in [5.74, 6) is 0.0195. The number of carbonyl (C=O) groups is 1. The molecule has 3 nitrogen and oxygen atoms in total. The van der Waals surface area contributed by atoms with E-state index in [0.29, 0.717) is 16.3 Å². The molecule has 0 aliphatic rings. The van der Waals surface area contributed by atoms with E-state index in [2.05, 4.69) is 32.9 Å². The minimum absolute atomic E-state index is 0.119. The van der Waals surface area contributed by atoms with Crippen molar-refractivity contribution in [2.75, 3.05) is 7.11 Å². The summed E-state index contributed by atoms with van der Waals surface area (Å²) < 4.78 is 5.31. The molecule has 2 aromatic rings. The van der Waals surface area contributed by atoms with Crippen molar-refractivity contribution >= 4 is 17.5 Å². The van der Waals surface area contributed by atoms with E-state index in [4.69, 9.17) is 22.1 Å².